The lowest BCUT2D eigenvalue weighted by molar-refractivity contribution is -0.142. The summed E-state index contributed by atoms with van der Waals surface area (Å²) in [7, 11) is 0. The minimum Gasteiger partial charge on any atom is -0.480 e. The van der Waals surface area contributed by atoms with Gasteiger partial charge in [0.05, 0.1) is 25.5 Å². The Labute approximate surface area is 245 Å². The molecule has 13 heteroatoms. The number of nitrogens with one attached hydrogen (secondary N) is 3. The fourth-order valence-corrected chi connectivity index (χ4v) is 4.56. The normalized spacial score (nSPS) is 12.4. The van der Waals surface area contributed by atoms with E-state index in [2.05, 4.69) is 43.8 Å². The molecule has 42 heavy (non-hydrogen) atoms. The third kappa shape index (κ3) is 10.8. The predicted molar refractivity (Wildman–Crippen MR) is 158 cm³/mol. The lowest BCUT2D eigenvalue weighted by atomic mass is 10.0. The molecule has 0 atom stereocenters. The fourth-order valence-electron chi connectivity index (χ4n) is 4.56. The largest absolute Gasteiger partial charge is 0.480 e. The molecule has 0 bridgehead atoms. The molecule has 3 rings (SSSR count). The molecular formula is C29H40N8O5. The number of fused-ring (bicyclic) bond motifs is 1. The fraction of sp³-hybridized carbons (Fsp3) is 0.448. The Morgan fingerprint density at radius 3 is 2.60 bits per heavy atom. The first-order chi connectivity index (χ1) is 20.2. The van der Waals surface area contributed by atoms with Crippen LogP contribution in [0, 0.1) is 0 Å². The van der Waals surface area contributed by atoms with Gasteiger partial charge in [0.15, 0.2) is 0 Å². The smallest absolute Gasteiger partial charge is 0.322 e. The summed E-state index contributed by atoms with van der Waals surface area (Å²) in [6.07, 6.45) is 8.02. The number of allylic oxidation sites excluding steroid dienone is 1. The number of carboxylic acid groups (broad SMARTS) is 1. The van der Waals surface area contributed by atoms with Crippen molar-refractivity contribution < 1.29 is 24.3 Å². The first kappa shape index (κ1) is 32.0. The van der Waals surface area contributed by atoms with E-state index >= 15 is 0 Å². The van der Waals surface area contributed by atoms with Gasteiger partial charge in [-0.2, -0.15) is 0 Å². The number of benzene rings is 1. The number of aromatic amines is 1. The van der Waals surface area contributed by atoms with Gasteiger partial charge in [0.2, 0.25) is 17.7 Å². The highest BCUT2D eigenvalue weighted by Gasteiger charge is 2.24. The van der Waals surface area contributed by atoms with Gasteiger partial charge in [0.1, 0.15) is 12.4 Å². The molecule has 3 amide bonds. The maximum absolute atomic E-state index is 13.5. The summed E-state index contributed by atoms with van der Waals surface area (Å²) in [5.41, 5.74) is 9.11. The molecule has 6 N–H and O–H groups in total. The van der Waals surface area contributed by atoms with Crippen molar-refractivity contribution in [3.8, 4) is 0 Å². The summed E-state index contributed by atoms with van der Waals surface area (Å²) < 4.78 is 0. The van der Waals surface area contributed by atoms with Gasteiger partial charge in [-0.15, -0.1) is 0 Å². The number of carbonyl (C=O) groups excluding carboxylic acids is 3. The number of carbonyl (C=O) groups is 4. The van der Waals surface area contributed by atoms with E-state index in [1.54, 1.807) is 19.3 Å². The van der Waals surface area contributed by atoms with Gasteiger partial charge in [-0.05, 0) is 42.9 Å². The molecule has 1 heterocycles. The summed E-state index contributed by atoms with van der Waals surface area (Å²) >= 11 is 0. The SMILES string of the molecule is CC(N)=NCCCN(CC(=O)NCC(=O)O)C(=O)CN(CCC1=CCc2ccccc21)C(=O)CNCCc1ncc[nH]1. The Morgan fingerprint density at radius 2 is 1.86 bits per heavy atom. The number of aromatic nitrogens is 2. The Hall–Kier alpha value is -4.52. The average molecular weight is 581 g/mol. The van der Waals surface area contributed by atoms with E-state index < -0.39 is 24.3 Å². The molecule has 2 aromatic rings. The number of nitrogens with zero attached hydrogens (tertiary/aromatic N) is 4. The summed E-state index contributed by atoms with van der Waals surface area (Å²) in [5.74, 6) is -1.24. The maximum Gasteiger partial charge on any atom is 0.322 e. The van der Waals surface area contributed by atoms with Gasteiger partial charge >= 0.3 is 5.97 Å². The number of H-pyrrole nitrogens is 1. The summed E-state index contributed by atoms with van der Waals surface area (Å²) in [4.78, 5) is 64.2. The number of aliphatic imine (C=N–C) groups is 1. The van der Waals surface area contributed by atoms with Crippen molar-refractivity contribution in [2.24, 2.45) is 10.7 Å². The molecular weight excluding hydrogens is 540 g/mol. The molecule has 1 aromatic heterocycles. The molecule has 1 aliphatic rings. The quantitative estimate of drug-likeness (QED) is 0.0940. The van der Waals surface area contributed by atoms with Crippen LogP contribution < -0.4 is 16.4 Å². The van der Waals surface area contributed by atoms with E-state index in [4.69, 9.17) is 10.8 Å². The minimum absolute atomic E-state index is 0.0349. The molecule has 0 aliphatic heterocycles. The molecule has 0 radical (unpaired) electrons. The van der Waals surface area contributed by atoms with Crippen LogP contribution in [0.4, 0.5) is 0 Å². The van der Waals surface area contributed by atoms with E-state index in [0.29, 0.717) is 44.7 Å². The standard InChI is InChI=1S/C29H40N8O5/c1-21(30)32-11-4-15-36(19-26(38)35-18-29(41)42)28(40)20-37(27(39)17-31-12-9-25-33-13-14-34-25)16-10-23-8-7-22-5-2-3-6-24(22)23/h2-3,5-6,8,13-14,31H,4,7,9-12,15-20H2,1H3,(H2,30,32)(H,33,34)(H,35,38)(H,41,42). The van der Waals surface area contributed by atoms with Crippen LogP contribution in [0.25, 0.3) is 5.57 Å². The number of aliphatic carboxylic acids is 1. The van der Waals surface area contributed by atoms with Crippen molar-refractivity contribution >= 4 is 35.1 Å². The van der Waals surface area contributed by atoms with Crippen molar-refractivity contribution in [3.63, 3.8) is 0 Å². The van der Waals surface area contributed by atoms with Gasteiger partial charge < -0.3 is 36.3 Å². The zero-order chi connectivity index (χ0) is 30.3. The van der Waals surface area contributed by atoms with Crippen molar-refractivity contribution in [2.75, 3.05) is 52.4 Å². The third-order valence-corrected chi connectivity index (χ3v) is 6.70. The Balaban J connectivity index is 1.66. The van der Waals surface area contributed by atoms with Gasteiger partial charge in [-0.1, -0.05) is 30.3 Å². The summed E-state index contributed by atoms with van der Waals surface area (Å²) in [6, 6.07) is 8.12. The van der Waals surface area contributed by atoms with Crippen molar-refractivity contribution in [3.05, 3.63) is 59.7 Å². The van der Waals surface area contributed by atoms with Crippen LogP contribution in [0.1, 0.15) is 36.7 Å². The van der Waals surface area contributed by atoms with Crippen LogP contribution in [0.3, 0.4) is 0 Å². The third-order valence-electron chi connectivity index (χ3n) is 6.70. The number of hydrogen-bond acceptors (Lipinski definition) is 7. The highest BCUT2D eigenvalue weighted by molar-refractivity contribution is 5.90. The van der Waals surface area contributed by atoms with Crippen molar-refractivity contribution in [1.29, 1.82) is 0 Å². The zero-order valence-electron chi connectivity index (χ0n) is 24.0. The Bertz CT molecular complexity index is 1270. The van der Waals surface area contributed by atoms with E-state index in [1.165, 1.54) is 15.4 Å². The topological polar surface area (TPSA) is 186 Å². The second kappa shape index (κ2) is 16.7. The van der Waals surface area contributed by atoms with Gasteiger partial charge in [-0.3, -0.25) is 24.2 Å². The Morgan fingerprint density at radius 1 is 1.07 bits per heavy atom. The van der Waals surface area contributed by atoms with E-state index in [0.717, 1.165) is 23.4 Å². The number of hydrogen-bond donors (Lipinski definition) is 5. The monoisotopic (exact) mass is 580 g/mol. The van der Waals surface area contributed by atoms with Crippen molar-refractivity contribution in [1.82, 2.24) is 30.4 Å². The predicted octanol–water partition coefficient (Wildman–Crippen LogP) is 0.197. The Kier molecular flexibility index (Phi) is 12.7. The van der Waals surface area contributed by atoms with E-state index in [1.807, 2.05) is 12.1 Å². The zero-order valence-corrected chi connectivity index (χ0v) is 24.0. The highest BCUT2D eigenvalue weighted by Crippen LogP contribution is 2.29. The van der Waals surface area contributed by atoms with Gasteiger partial charge in [0, 0.05) is 45.0 Å². The van der Waals surface area contributed by atoms with Crippen LogP contribution in [-0.2, 0) is 32.0 Å². The molecule has 1 aromatic carbocycles. The number of rotatable bonds is 18. The van der Waals surface area contributed by atoms with E-state index in [-0.39, 0.29) is 32.1 Å². The number of amides is 3. The summed E-state index contributed by atoms with van der Waals surface area (Å²) in [5, 5.41) is 14.3. The lowest BCUT2D eigenvalue weighted by Crippen LogP contribution is -2.49. The molecule has 0 saturated carbocycles. The first-order valence-corrected chi connectivity index (χ1v) is 14.0. The van der Waals surface area contributed by atoms with Crippen LogP contribution in [-0.4, -0.2) is 107 Å². The molecule has 226 valence electrons. The molecule has 0 fully saturated rings. The average Bonchev–Trinajstić information content (AvgIpc) is 3.63. The van der Waals surface area contributed by atoms with Crippen LogP contribution in [0.15, 0.2) is 47.7 Å². The second-order valence-electron chi connectivity index (χ2n) is 9.98. The number of amidine groups is 1. The number of imidazole rings is 1. The van der Waals surface area contributed by atoms with Crippen molar-refractivity contribution in [2.45, 2.75) is 32.6 Å². The molecule has 0 saturated heterocycles. The van der Waals surface area contributed by atoms with Crippen LogP contribution >= 0.6 is 0 Å². The number of nitrogens with two attached hydrogens (primary N) is 1. The number of carboxylic acids is 1. The molecule has 0 spiro atoms. The van der Waals surface area contributed by atoms with Gasteiger partial charge in [0.25, 0.3) is 0 Å². The van der Waals surface area contributed by atoms with Crippen LogP contribution in [0.2, 0.25) is 0 Å². The van der Waals surface area contributed by atoms with E-state index in [9.17, 15) is 19.2 Å². The summed E-state index contributed by atoms with van der Waals surface area (Å²) in [6.45, 7) is 1.98. The maximum atomic E-state index is 13.5. The molecule has 1 aliphatic carbocycles. The molecule has 13 nitrogen and oxygen atoms in total. The minimum atomic E-state index is -1.19. The molecule has 0 unspecified atom stereocenters. The highest BCUT2D eigenvalue weighted by atomic mass is 16.4. The van der Waals surface area contributed by atoms with Crippen LogP contribution in [0.5, 0.6) is 0 Å². The van der Waals surface area contributed by atoms with Gasteiger partial charge in [-0.25, -0.2) is 4.98 Å². The first-order valence-electron chi connectivity index (χ1n) is 14.0. The lowest BCUT2D eigenvalue weighted by Gasteiger charge is -2.28. The second-order valence-corrected chi connectivity index (χ2v) is 9.98.